The smallest absolute Gasteiger partial charge is 0.410 e. The molecule has 38 heavy (non-hydrogen) atoms. The van der Waals surface area contributed by atoms with Crippen molar-refractivity contribution in [3.63, 3.8) is 0 Å². The van der Waals surface area contributed by atoms with Crippen LogP contribution in [-0.4, -0.2) is 79.1 Å². The molecule has 1 heterocycles. The van der Waals surface area contributed by atoms with E-state index in [-0.39, 0.29) is 25.5 Å². The summed E-state index contributed by atoms with van der Waals surface area (Å²) < 4.78 is 38.1. The number of nitrogens with zero attached hydrogens (tertiary/aromatic N) is 1. The molecule has 1 fully saturated rings. The van der Waals surface area contributed by atoms with Crippen molar-refractivity contribution < 1.29 is 42.7 Å². The van der Waals surface area contributed by atoms with Crippen LogP contribution in [0.1, 0.15) is 18.1 Å². The molecular formula is C28H33NO9. The van der Waals surface area contributed by atoms with Crippen molar-refractivity contribution in [2.24, 2.45) is 0 Å². The fraction of sp³-hybridized carbons (Fsp3) is 0.357. The third kappa shape index (κ3) is 5.64. The summed E-state index contributed by atoms with van der Waals surface area (Å²) in [5, 5.41) is 0. The van der Waals surface area contributed by atoms with Gasteiger partial charge in [-0.05, 0) is 43.3 Å². The lowest BCUT2D eigenvalue weighted by Crippen LogP contribution is -2.41. The number of amides is 1. The molecule has 0 bridgehead atoms. The van der Waals surface area contributed by atoms with Crippen LogP contribution in [0.3, 0.4) is 0 Å². The molecule has 3 rings (SSSR count). The Morgan fingerprint density at radius 3 is 1.47 bits per heavy atom. The molecule has 0 aromatic heterocycles. The van der Waals surface area contributed by atoms with Crippen LogP contribution in [0.25, 0.3) is 12.2 Å². The first-order valence-electron chi connectivity index (χ1n) is 11.8. The highest BCUT2D eigenvalue weighted by atomic mass is 16.6. The lowest BCUT2D eigenvalue weighted by Gasteiger charge is -2.29. The predicted octanol–water partition coefficient (Wildman–Crippen LogP) is 4.25. The molecule has 0 atom stereocenters. The predicted molar refractivity (Wildman–Crippen MR) is 142 cm³/mol. The first-order valence-corrected chi connectivity index (χ1v) is 11.8. The molecule has 2 aromatic rings. The maximum Gasteiger partial charge on any atom is 0.410 e. The summed E-state index contributed by atoms with van der Waals surface area (Å²) >= 11 is 0. The topological polar surface area (TPSA) is 102 Å². The number of ketones is 1. The second kappa shape index (κ2) is 12.8. The van der Waals surface area contributed by atoms with E-state index < -0.39 is 6.09 Å². The largest absolute Gasteiger partial charge is 0.493 e. The number of hydrogen-bond donors (Lipinski definition) is 0. The van der Waals surface area contributed by atoms with Crippen LogP contribution in [0, 0.1) is 0 Å². The van der Waals surface area contributed by atoms with Crippen molar-refractivity contribution in [3.05, 3.63) is 46.5 Å². The van der Waals surface area contributed by atoms with Gasteiger partial charge >= 0.3 is 6.09 Å². The van der Waals surface area contributed by atoms with Gasteiger partial charge in [0.1, 0.15) is 0 Å². The van der Waals surface area contributed by atoms with Gasteiger partial charge in [-0.15, -0.1) is 0 Å². The SMILES string of the molecule is CCOC(=O)N1C/C(=C/c2ccc(OC)c(OC)c2OC)C(=O)/C(=C\c2ccc(OC)c(OC)c2OC)C1. The van der Waals surface area contributed by atoms with E-state index in [9.17, 15) is 9.59 Å². The van der Waals surface area contributed by atoms with Crippen LogP contribution in [-0.2, 0) is 9.53 Å². The summed E-state index contributed by atoms with van der Waals surface area (Å²) in [5.41, 5.74) is 1.89. The van der Waals surface area contributed by atoms with Crippen LogP contribution in [0.2, 0.25) is 0 Å². The van der Waals surface area contributed by atoms with Crippen LogP contribution >= 0.6 is 0 Å². The third-order valence-electron chi connectivity index (χ3n) is 5.96. The maximum atomic E-state index is 13.7. The minimum atomic E-state index is -0.532. The molecule has 0 spiro atoms. The van der Waals surface area contributed by atoms with E-state index in [1.807, 2.05) is 0 Å². The van der Waals surface area contributed by atoms with Crippen LogP contribution in [0.15, 0.2) is 35.4 Å². The van der Waals surface area contributed by atoms with Crippen molar-refractivity contribution in [1.82, 2.24) is 4.90 Å². The van der Waals surface area contributed by atoms with E-state index >= 15 is 0 Å². The normalized spacial score (nSPS) is 15.3. The molecule has 2 aromatic carbocycles. The monoisotopic (exact) mass is 527 g/mol. The molecule has 10 heteroatoms. The molecule has 0 radical (unpaired) electrons. The number of hydrogen-bond acceptors (Lipinski definition) is 9. The molecular weight excluding hydrogens is 494 g/mol. The first-order chi connectivity index (χ1) is 18.4. The third-order valence-corrected chi connectivity index (χ3v) is 5.96. The van der Waals surface area contributed by atoms with E-state index in [0.29, 0.717) is 56.8 Å². The van der Waals surface area contributed by atoms with E-state index in [1.54, 1.807) is 43.3 Å². The van der Waals surface area contributed by atoms with Gasteiger partial charge in [-0.25, -0.2) is 4.79 Å². The van der Waals surface area contributed by atoms with E-state index in [1.165, 1.54) is 47.6 Å². The second-order valence-corrected chi connectivity index (χ2v) is 8.07. The molecule has 0 N–H and O–H groups in total. The number of Topliss-reactive ketones (excluding diaryl/α,β-unsaturated/α-hetero) is 1. The maximum absolute atomic E-state index is 13.7. The van der Waals surface area contributed by atoms with Gasteiger partial charge in [-0.1, -0.05) is 0 Å². The Hall–Kier alpha value is -4.34. The molecule has 10 nitrogen and oxygen atoms in total. The molecule has 204 valence electrons. The number of benzene rings is 2. The average molecular weight is 528 g/mol. The van der Waals surface area contributed by atoms with Crippen molar-refractivity contribution >= 4 is 24.0 Å². The highest BCUT2D eigenvalue weighted by molar-refractivity contribution is 6.15. The van der Waals surface area contributed by atoms with Crippen LogP contribution in [0.5, 0.6) is 34.5 Å². The zero-order chi connectivity index (χ0) is 27.8. The summed E-state index contributed by atoms with van der Waals surface area (Å²) in [6, 6.07) is 6.94. The van der Waals surface area contributed by atoms with Crippen molar-refractivity contribution in [3.8, 4) is 34.5 Å². The minimum absolute atomic E-state index is 0.0512. The number of carbonyl (C=O) groups excluding carboxylic acids is 2. The van der Waals surface area contributed by atoms with Crippen LogP contribution < -0.4 is 28.4 Å². The Labute approximate surface area is 222 Å². The Kier molecular flexibility index (Phi) is 9.48. The van der Waals surface area contributed by atoms with Gasteiger partial charge in [0.25, 0.3) is 0 Å². The molecule has 1 saturated heterocycles. The Morgan fingerprint density at radius 1 is 0.711 bits per heavy atom. The van der Waals surface area contributed by atoms with E-state index in [4.69, 9.17) is 33.2 Å². The van der Waals surface area contributed by atoms with Gasteiger partial charge in [0.2, 0.25) is 11.5 Å². The molecule has 1 aliphatic heterocycles. The number of likely N-dealkylation sites (tertiary alicyclic amines) is 1. The average Bonchev–Trinajstić information content (AvgIpc) is 2.94. The standard InChI is InChI=1S/C28H33NO9/c1-8-38-28(31)29-15-19(13-17-9-11-21(32-2)26(36-6)24(17)34-4)23(30)20(16-29)14-18-10-12-22(33-3)27(37-7)25(18)35-5/h9-14H,8,15-16H2,1-7H3/b19-13-,20-14-. The zero-order valence-electron chi connectivity index (χ0n) is 22.7. The minimum Gasteiger partial charge on any atom is -0.493 e. The van der Waals surface area contributed by atoms with Gasteiger partial charge < -0.3 is 33.2 Å². The summed E-state index contributed by atoms with van der Waals surface area (Å²) in [7, 11) is 9.06. The van der Waals surface area contributed by atoms with Crippen molar-refractivity contribution in [1.29, 1.82) is 0 Å². The van der Waals surface area contributed by atoms with Crippen LogP contribution in [0.4, 0.5) is 4.79 Å². The summed E-state index contributed by atoms with van der Waals surface area (Å²) in [4.78, 5) is 27.9. The molecule has 1 aliphatic rings. The van der Waals surface area contributed by atoms with Gasteiger partial charge in [0.15, 0.2) is 28.8 Å². The summed E-state index contributed by atoms with van der Waals surface area (Å²) in [5.74, 6) is 2.30. The fourth-order valence-corrected chi connectivity index (χ4v) is 4.23. The number of methoxy groups -OCH3 is 6. The molecule has 0 aliphatic carbocycles. The quantitative estimate of drug-likeness (QED) is 0.443. The second-order valence-electron chi connectivity index (χ2n) is 8.07. The Bertz CT molecular complexity index is 1160. The van der Waals surface area contributed by atoms with E-state index in [0.717, 1.165) is 0 Å². The van der Waals surface area contributed by atoms with Gasteiger partial charge in [-0.2, -0.15) is 0 Å². The molecule has 1 amide bonds. The Morgan fingerprint density at radius 2 is 1.13 bits per heavy atom. The number of piperidine rings is 1. The van der Waals surface area contributed by atoms with Crippen molar-refractivity contribution in [2.75, 3.05) is 62.4 Å². The lowest BCUT2D eigenvalue weighted by molar-refractivity contribution is -0.113. The summed E-state index contributed by atoms with van der Waals surface area (Å²) in [6.45, 7) is 2.03. The highest BCUT2D eigenvalue weighted by Gasteiger charge is 2.31. The van der Waals surface area contributed by atoms with Gasteiger partial charge in [-0.3, -0.25) is 9.69 Å². The number of ether oxygens (including phenoxy) is 7. The first kappa shape index (κ1) is 28.2. The molecule has 0 unspecified atom stereocenters. The molecule has 0 saturated carbocycles. The Balaban J connectivity index is 2.16. The van der Waals surface area contributed by atoms with E-state index in [2.05, 4.69) is 0 Å². The number of rotatable bonds is 9. The van der Waals surface area contributed by atoms with Crippen molar-refractivity contribution in [2.45, 2.75) is 6.92 Å². The number of carbonyl (C=O) groups is 2. The lowest BCUT2D eigenvalue weighted by atomic mass is 9.94. The van der Waals surface area contributed by atoms with Gasteiger partial charge in [0, 0.05) is 22.3 Å². The highest BCUT2D eigenvalue weighted by Crippen LogP contribution is 2.42. The summed E-state index contributed by atoms with van der Waals surface area (Å²) in [6.07, 6.45) is 2.82. The zero-order valence-corrected chi connectivity index (χ0v) is 22.7. The van der Waals surface area contributed by atoms with Gasteiger partial charge in [0.05, 0.1) is 62.4 Å². The fourth-order valence-electron chi connectivity index (χ4n) is 4.23.